The molecule has 2 nitrogen and oxygen atoms in total. The molecule has 8 aromatic rings. The largest absolute Gasteiger partial charge is 0.287 e. The fourth-order valence-corrected chi connectivity index (χ4v) is 8.38. The van der Waals surface area contributed by atoms with Crippen molar-refractivity contribution in [1.82, 2.24) is 0 Å². The molecule has 0 radical (unpaired) electrons. The van der Waals surface area contributed by atoms with Crippen molar-refractivity contribution in [1.29, 1.82) is 0 Å². The van der Waals surface area contributed by atoms with Crippen molar-refractivity contribution in [3.63, 3.8) is 0 Å². The Hall–Kier alpha value is -6.98. The van der Waals surface area contributed by atoms with E-state index >= 15 is 35.1 Å². The van der Waals surface area contributed by atoms with Crippen molar-refractivity contribution in [3.05, 3.63) is 194 Å². The van der Waals surface area contributed by atoms with E-state index in [0.717, 1.165) is 27.1 Å². The lowest BCUT2D eigenvalue weighted by molar-refractivity contribution is -0.678. The highest BCUT2D eigenvalue weighted by Crippen LogP contribution is 2.32. The van der Waals surface area contributed by atoms with Crippen LogP contribution in [-0.2, 0) is 6.54 Å². The van der Waals surface area contributed by atoms with Crippen molar-refractivity contribution in [2.75, 3.05) is 0 Å². The highest BCUT2D eigenvalue weighted by Gasteiger charge is 2.52. The Bertz CT molecular complexity index is 2930. The fourth-order valence-electron chi connectivity index (χ4n) is 7.78. The number of carbonyl (C=O) groups excluding carboxylic acids is 1. The molecule has 0 unspecified atom stereocenters. The Labute approximate surface area is 363 Å². The van der Waals surface area contributed by atoms with Crippen LogP contribution in [0.2, 0.25) is 0 Å². The molecular weight excluding hydrogens is 969 g/mol. The predicted molar refractivity (Wildman–Crippen MR) is 200 cm³/mol. The van der Waals surface area contributed by atoms with E-state index in [0.29, 0.717) is 6.54 Å². The van der Waals surface area contributed by atoms with Crippen LogP contribution in [-0.4, -0.2) is 11.9 Å². The van der Waals surface area contributed by atoms with Gasteiger partial charge in [-0.2, -0.15) is 4.57 Å². The van der Waals surface area contributed by atoms with Crippen LogP contribution < -0.4 is 26.4 Å². The maximum atomic E-state index is 15.4. The summed E-state index contributed by atoms with van der Waals surface area (Å²) < 4.78 is 296. The normalized spacial score (nSPS) is 11.7. The third-order valence-electron chi connectivity index (χ3n) is 10.6. The van der Waals surface area contributed by atoms with Crippen LogP contribution in [0, 0.1) is 116 Å². The number of rotatable bonds is 7. The number of thiazole rings is 1. The summed E-state index contributed by atoms with van der Waals surface area (Å²) in [7, 11) is 0. The zero-order valence-corrected chi connectivity index (χ0v) is 32.9. The molecule has 0 saturated heterocycles. The average molecular weight is 983 g/mol. The van der Waals surface area contributed by atoms with Gasteiger partial charge in [0, 0.05) is 5.56 Å². The van der Waals surface area contributed by atoms with Gasteiger partial charge in [-0.05, 0) is 27.6 Å². The summed E-state index contributed by atoms with van der Waals surface area (Å²) in [5.74, 6) is -71.3. The number of aromatic nitrogens is 1. The standard InChI is InChI=1S/C24BF20.C19H14NOS/c26-5-1(6(27)14(35)21(42)13(5)34)25(2-7(28)15(36)22(43)16(37)8(2)29,3-9(30)17(38)23(44)18(39)10(3)31)4-11(32)19(40)24(45)20(41)12(4)33;21-18(12-20-9-10-22-13-20)19-16-7-3-1-5-14(16)11-15-6-2-4-8-17(15)19/h;1-11,13H,12H2/q-1;+1. The van der Waals surface area contributed by atoms with Gasteiger partial charge in [0.25, 0.3) is 0 Å². The number of benzene rings is 7. The molecule has 0 aliphatic carbocycles. The van der Waals surface area contributed by atoms with Gasteiger partial charge >= 0.3 is 0 Å². The van der Waals surface area contributed by atoms with Gasteiger partial charge in [-0.1, -0.05) is 59.9 Å². The van der Waals surface area contributed by atoms with Crippen LogP contribution in [0.4, 0.5) is 87.8 Å². The van der Waals surface area contributed by atoms with Gasteiger partial charge in [-0.3, -0.25) is 4.79 Å². The fraction of sp³-hybridized carbons (Fsp3) is 0.0233. The Morgan fingerprint density at radius 3 is 0.940 bits per heavy atom. The molecule has 346 valence electrons. The molecule has 0 atom stereocenters. The molecule has 0 aliphatic rings. The quantitative estimate of drug-likeness (QED) is 0.0297. The van der Waals surface area contributed by atoms with E-state index in [1.807, 2.05) is 58.1 Å². The summed E-state index contributed by atoms with van der Waals surface area (Å²) in [6.07, 6.45) is -5.28. The Balaban J connectivity index is 0.000000250. The van der Waals surface area contributed by atoms with Crippen molar-refractivity contribution in [2.45, 2.75) is 6.54 Å². The maximum Gasteiger partial charge on any atom is 0.228 e. The molecule has 67 heavy (non-hydrogen) atoms. The second-order valence-electron chi connectivity index (χ2n) is 14.1. The molecule has 1 aromatic heterocycles. The van der Waals surface area contributed by atoms with Gasteiger partial charge < -0.3 is 0 Å². The molecule has 7 aromatic carbocycles. The first-order chi connectivity index (χ1) is 31.5. The Kier molecular flexibility index (Phi) is 12.7. The van der Waals surface area contributed by atoms with Crippen molar-refractivity contribution >= 4 is 66.7 Å². The minimum atomic E-state index is -7.22. The summed E-state index contributed by atoms with van der Waals surface area (Å²) in [5, 5.41) is 6.26. The third kappa shape index (κ3) is 7.31. The molecule has 0 saturated carbocycles. The molecule has 24 heteroatoms. The summed E-state index contributed by atoms with van der Waals surface area (Å²) >= 11 is 1.59. The zero-order chi connectivity index (χ0) is 49.3. The van der Waals surface area contributed by atoms with Gasteiger partial charge in [0.05, 0.1) is 5.38 Å². The Morgan fingerprint density at radius 1 is 0.403 bits per heavy atom. The molecule has 8 rings (SSSR count). The van der Waals surface area contributed by atoms with Gasteiger partial charge in [-0.15, -0.1) is 21.9 Å². The summed E-state index contributed by atoms with van der Waals surface area (Å²) in [5.41, 5.74) is -11.5. The molecule has 0 aliphatic heterocycles. The van der Waals surface area contributed by atoms with Gasteiger partial charge in [0.2, 0.25) is 17.8 Å². The Morgan fingerprint density at radius 2 is 0.672 bits per heavy atom. The van der Waals surface area contributed by atoms with Crippen molar-refractivity contribution in [2.24, 2.45) is 0 Å². The second kappa shape index (κ2) is 17.7. The van der Waals surface area contributed by atoms with E-state index in [1.165, 1.54) is 0 Å². The van der Waals surface area contributed by atoms with E-state index < -0.39 is 144 Å². The molecular formula is C43H14BF20NOS. The molecule has 0 spiro atoms. The highest BCUT2D eigenvalue weighted by molar-refractivity contribution is 7.20. The van der Waals surface area contributed by atoms with Crippen LogP contribution in [0.15, 0.2) is 71.7 Å². The minimum absolute atomic E-state index is 0.149. The topological polar surface area (TPSA) is 20.9 Å². The zero-order valence-electron chi connectivity index (χ0n) is 32.0. The average Bonchev–Trinajstić information content (AvgIpc) is 3.83. The molecule has 0 amide bonds. The van der Waals surface area contributed by atoms with Crippen molar-refractivity contribution in [3.8, 4) is 0 Å². The lowest BCUT2D eigenvalue weighted by Gasteiger charge is -2.44. The lowest BCUT2D eigenvalue weighted by atomic mass is 9.12. The van der Waals surface area contributed by atoms with E-state index in [2.05, 4.69) is 18.2 Å². The smallest absolute Gasteiger partial charge is 0.228 e. The van der Waals surface area contributed by atoms with E-state index in [1.54, 1.807) is 11.3 Å². The van der Waals surface area contributed by atoms with E-state index in [4.69, 9.17) is 0 Å². The summed E-state index contributed by atoms with van der Waals surface area (Å²) in [6.45, 7) is 0.376. The highest BCUT2D eigenvalue weighted by atomic mass is 32.1. The van der Waals surface area contributed by atoms with E-state index in [9.17, 15) is 57.5 Å². The van der Waals surface area contributed by atoms with Gasteiger partial charge in [0.1, 0.15) is 52.7 Å². The number of fused-ring (bicyclic) bond motifs is 2. The molecule has 0 N–H and O–H groups in total. The predicted octanol–water partition coefficient (Wildman–Crippen LogP) is 10.1. The number of hydrogen-bond acceptors (Lipinski definition) is 2. The molecule has 0 fully saturated rings. The van der Waals surface area contributed by atoms with Gasteiger partial charge in [-0.25, -0.2) is 87.8 Å². The number of ketones is 1. The van der Waals surface area contributed by atoms with Crippen LogP contribution in [0.1, 0.15) is 10.4 Å². The van der Waals surface area contributed by atoms with Crippen LogP contribution in [0.3, 0.4) is 0 Å². The second-order valence-corrected chi connectivity index (χ2v) is 14.9. The summed E-state index contributed by atoms with van der Waals surface area (Å²) in [6, 6.07) is 18.4. The maximum absolute atomic E-state index is 15.4. The number of halogens is 20. The number of nitrogens with zero attached hydrogens (tertiary/aromatic N) is 1. The van der Waals surface area contributed by atoms with Crippen LogP contribution >= 0.6 is 11.3 Å². The number of Topliss-reactive ketones (excluding diaryl/α,β-unsaturated/α-hetero) is 1. The van der Waals surface area contributed by atoms with Gasteiger partial charge in [0.15, 0.2) is 76.0 Å². The van der Waals surface area contributed by atoms with Crippen LogP contribution in [0.5, 0.6) is 0 Å². The first-order valence-corrected chi connectivity index (χ1v) is 19.1. The van der Waals surface area contributed by atoms with Crippen LogP contribution in [0.25, 0.3) is 21.5 Å². The van der Waals surface area contributed by atoms with E-state index in [-0.39, 0.29) is 5.78 Å². The first kappa shape index (κ1) is 48.0. The molecule has 0 bridgehead atoms. The first-order valence-electron chi connectivity index (χ1n) is 18.1. The SMILES string of the molecule is Fc1c(F)c(F)c([B-](c2c(F)c(F)c(F)c(F)c2F)(c2c(F)c(F)c(F)c(F)c2F)c2c(F)c(F)c(F)c(F)c2F)c(F)c1F.O=C(C[n+]1ccsc1)c1c2ccccc2cc2ccccc12. The number of carbonyl (C=O) groups is 1. The summed E-state index contributed by atoms with van der Waals surface area (Å²) in [4.78, 5) is 12.9. The van der Waals surface area contributed by atoms with Crippen molar-refractivity contribution < 1.29 is 97.2 Å². The lowest BCUT2D eigenvalue weighted by Crippen LogP contribution is -2.81. The monoisotopic (exact) mass is 983 g/mol. The number of hydrogen-bond donors (Lipinski definition) is 0. The molecule has 1 heterocycles. The third-order valence-corrected chi connectivity index (χ3v) is 11.3. The minimum Gasteiger partial charge on any atom is -0.287 e.